The first kappa shape index (κ1) is 16.3. The molecule has 0 aromatic heterocycles. The van der Waals surface area contributed by atoms with Crippen molar-refractivity contribution in [1.29, 1.82) is 5.26 Å². The lowest BCUT2D eigenvalue weighted by atomic mass is 10.2. The van der Waals surface area contributed by atoms with Crippen LogP contribution in [0.4, 0.5) is 5.69 Å². The van der Waals surface area contributed by atoms with Crippen LogP contribution in [0.5, 0.6) is 0 Å². The molecule has 0 aliphatic heterocycles. The summed E-state index contributed by atoms with van der Waals surface area (Å²) in [6.45, 7) is 1.03. The summed E-state index contributed by atoms with van der Waals surface area (Å²) in [7, 11) is 0. The number of amides is 1. The van der Waals surface area contributed by atoms with Crippen LogP contribution >= 0.6 is 27.5 Å². The molecule has 22 heavy (non-hydrogen) atoms. The van der Waals surface area contributed by atoms with Gasteiger partial charge in [0.15, 0.2) is 0 Å². The molecule has 112 valence electrons. The number of anilines is 1. The summed E-state index contributed by atoms with van der Waals surface area (Å²) in [4.78, 5) is 11.9. The topological polar surface area (TPSA) is 64.9 Å². The van der Waals surface area contributed by atoms with Gasteiger partial charge in [0.1, 0.15) is 6.07 Å². The number of hydrogen-bond donors (Lipinski definition) is 2. The fourth-order valence-corrected chi connectivity index (χ4v) is 2.45. The lowest BCUT2D eigenvalue weighted by Gasteiger charge is -2.09. The fraction of sp³-hybridized carbons (Fsp3) is 0.125. The van der Waals surface area contributed by atoms with Crippen molar-refractivity contribution < 1.29 is 4.79 Å². The van der Waals surface area contributed by atoms with Crippen molar-refractivity contribution in [3.63, 3.8) is 0 Å². The van der Waals surface area contributed by atoms with E-state index in [0.29, 0.717) is 29.2 Å². The molecule has 0 fully saturated rings. The first-order chi connectivity index (χ1) is 10.6. The molecule has 0 bridgehead atoms. The Morgan fingerprint density at radius 1 is 1.23 bits per heavy atom. The minimum atomic E-state index is -0.124. The van der Waals surface area contributed by atoms with Crippen LogP contribution in [0.15, 0.2) is 46.9 Å². The standard InChI is InChI=1S/C16H13BrClN3O/c17-13-3-1-2-11(8-13)16(22)21-7-6-20-14-5-4-12(10-19)15(18)9-14/h1-5,8-9,20H,6-7H2,(H,21,22). The van der Waals surface area contributed by atoms with Crippen molar-refractivity contribution >= 4 is 39.1 Å². The van der Waals surface area contributed by atoms with Gasteiger partial charge in [-0.1, -0.05) is 33.6 Å². The van der Waals surface area contributed by atoms with Gasteiger partial charge in [-0.2, -0.15) is 5.26 Å². The van der Waals surface area contributed by atoms with Crippen LogP contribution in [-0.2, 0) is 0 Å². The van der Waals surface area contributed by atoms with Crippen LogP contribution in [0.2, 0.25) is 5.02 Å². The molecule has 0 spiro atoms. The third kappa shape index (κ3) is 4.48. The highest BCUT2D eigenvalue weighted by Gasteiger charge is 2.05. The maximum Gasteiger partial charge on any atom is 0.251 e. The van der Waals surface area contributed by atoms with Gasteiger partial charge in [-0.25, -0.2) is 0 Å². The van der Waals surface area contributed by atoms with Gasteiger partial charge in [0.25, 0.3) is 5.91 Å². The Hall–Kier alpha value is -2.03. The second-order valence-corrected chi connectivity index (χ2v) is 5.82. The van der Waals surface area contributed by atoms with E-state index in [1.54, 1.807) is 30.3 Å². The van der Waals surface area contributed by atoms with Crippen molar-refractivity contribution in [3.8, 4) is 6.07 Å². The molecule has 0 saturated heterocycles. The van der Waals surface area contributed by atoms with Gasteiger partial charge in [0.05, 0.1) is 10.6 Å². The van der Waals surface area contributed by atoms with Crippen molar-refractivity contribution in [2.75, 3.05) is 18.4 Å². The molecule has 4 nitrogen and oxygen atoms in total. The molecule has 0 unspecified atom stereocenters. The number of nitriles is 1. The second-order valence-electron chi connectivity index (χ2n) is 4.50. The molecular weight excluding hydrogens is 366 g/mol. The molecule has 0 saturated carbocycles. The number of hydrogen-bond acceptors (Lipinski definition) is 3. The fourth-order valence-electron chi connectivity index (χ4n) is 1.83. The SMILES string of the molecule is N#Cc1ccc(NCCNC(=O)c2cccc(Br)c2)cc1Cl. The molecule has 0 atom stereocenters. The van der Waals surface area contributed by atoms with E-state index in [1.165, 1.54) is 0 Å². The summed E-state index contributed by atoms with van der Waals surface area (Å²) in [5.74, 6) is -0.124. The van der Waals surface area contributed by atoms with Gasteiger partial charge in [-0.3, -0.25) is 4.79 Å². The maximum absolute atomic E-state index is 11.9. The second kappa shape index (κ2) is 7.83. The third-order valence-electron chi connectivity index (χ3n) is 2.92. The Bertz CT molecular complexity index is 728. The van der Waals surface area contributed by atoms with Gasteiger partial charge in [-0.05, 0) is 36.4 Å². The normalized spacial score (nSPS) is 9.86. The van der Waals surface area contributed by atoms with Crippen molar-refractivity contribution in [1.82, 2.24) is 5.32 Å². The van der Waals surface area contributed by atoms with Gasteiger partial charge >= 0.3 is 0 Å². The lowest BCUT2D eigenvalue weighted by molar-refractivity contribution is 0.0955. The van der Waals surface area contributed by atoms with E-state index < -0.39 is 0 Å². The molecule has 1 amide bonds. The highest BCUT2D eigenvalue weighted by Crippen LogP contribution is 2.19. The van der Waals surface area contributed by atoms with E-state index >= 15 is 0 Å². The third-order valence-corrected chi connectivity index (χ3v) is 3.72. The summed E-state index contributed by atoms with van der Waals surface area (Å²) < 4.78 is 0.866. The van der Waals surface area contributed by atoms with Gasteiger partial charge in [0, 0.05) is 28.8 Å². The van der Waals surface area contributed by atoms with Gasteiger partial charge < -0.3 is 10.6 Å². The van der Waals surface area contributed by atoms with Crippen LogP contribution in [-0.4, -0.2) is 19.0 Å². The number of benzene rings is 2. The van der Waals surface area contributed by atoms with Gasteiger partial charge in [-0.15, -0.1) is 0 Å². The Morgan fingerprint density at radius 2 is 2.05 bits per heavy atom. The van der Waals surface area contributed by atoms with E-state index in [-0.39, 0.29) is 5.91 Å². The summed E-state index contributed by atoms with van der Waals surface area (Å²) in [5, 5.41) is 15.2. The highest BCUT2D eigenvalue weighted by atomic mass is 79.9. The monoisotopic (exact) mass is 377 g/mol. The minimum Gasteiger partial charge on any atom is -0.383 e. The van der Waals surface area contributed by atoms with E-state index in [0.717, 1.165) is 10.2 Å². The Morgan fingerprint density at radius 3 is 2.73 bits per heavy atom. The average molecular weight is 379 g/mol. The average Bonchev–Trinajstić information content (AvgIpc) is 2.51. The molecule has 2 rings (SSSR count). The Kier molecular flexibility index (Phi) is 5.82. The molecule has 2 aromatic rings. The molecule has 2 N–H and O–H groups in total. The minimum absolute atomic E-state index is 0.124. The van der Waals surface area contributed by atoms with Crippen molar-refractivity contribution in [2.24, 2.45) is 0 Å². The predicted octanol–water partition coefficient (Wildman–Crippen LogP) is 3.82. The largest absolute Gasteiger partial charge is 0.383 e. The van der Waals surface area contributed by atoms with E-state index in [4.69, 9.17) is 16.9 Å². The molecule has 0 aliphatic carbocycles. The zero-order valence-corrected chi connectivity index (χ0v) is 13.9. The zero-order chi connectivity index (χ0) is 15.9. The summed E-state index contributed by atoms with van der Waals surface area (Å²) in [6, 6.07) is 14.3. The molecule has 2 aromatic carbocycles. The maximum atomic E-state index is 11.9. The number of carbonyl (C=O) groups excluding carboxylic acids is 1. The lowest BCUT2D eigenvalue weighted by Crippen LogP contribution is -2.28. The van der Waals surface area contributed by atoms with Gasteiger partial charge in [0.2, 0.25) is 0 Å². The smallest absolute Gasteiger partial charge is 0.251 e. The van der Waals surface area contributed by atoms with Crippen molar-refractivity contribution in [2.45, 2.75) is 0 Å². The summed E-state index contributed by atoms with van der Waals surface area (Å²) in [5.41, 5.74) is 1.85. The molecular formula is C16H13BrClN3O. The number of rotatable bonds is 5. The number of nitrogens with one attached hydrogen (secondary N) is 2. The van der Waals surface area contributed by atoms with Crippen molar-refractivity contribution in [3.05, 3.63) is 63.1 Å². The number of carbonyl (C=O) groups is 1. The molecule has 0 radical (unpaired) electrons. The van der Waals surface area contributed by atoms with E-state index in [9.17, 15) is 4.79 Å². The molecule has 0 aliphatic rings. The summed E-state index contributed by atoms with van der Waals surface area (Å²) in [6.07, 6.45) is 0. The first-order valence-electron chi connectivity index (χ1n) is 6.57. The Labute approximate surface area is 142 Å². The number of nitrogens with zero attached hydrogens (tertiary/aromatic N) is 1. The molecule has 0 heterocycles. The van der Waals surface area contributed by atoms with Crippen LogP contribution < -0.4 is 10.6 Å². The van der Waals surface area contributed by atoms with Crippen LogP contribution in [0.25, 0.3) is 0 Å². The van der Waals surface area contributed by atoms with E-state index in [1.807, 2.05) is 18.2 Å². The highest BCUT2D eigenvalue weighted by molar-refractivity contribution is 9.10. The van der Waals surface area contributed by atoms with Crippen LogP contribution in [0.3, 0.4) is 0 Å². The quantitative estimate of drug-likeness (QED) is 0.778. The first-order valence-corrected chi connectivity index (χ1v) is 7.74. The summed E-state index contributed by atoms with van der Waals surface area (Å²) >= 11 is 9.28. The molecule has 6 heteroatoms. The number of halogens is 2. The van der Waals surface area contributed by atoms with Crippen LogP contribution in [0.1, 0.15) is 15.9 Å². The zero-order valence-electron chi connectivity index (χ0n) is 11.6. The van der Waals surface area contributed by atoms with E-state index in [2.05, 4.69) is 26.6 Å². The predicted molar refractivity (Wildman–Crippen MR) is 91.1 cm³/mol. The van der Waals surface area contributed by atoms with Crippen LogP contribution in [0, 0.1) is 11.3 Å². The Balaban J connectivity index is 1.81.